The highest BCUT2D eigenvalue weighted by Gasteiger charge is 2.27. The summed E-state index contributed by atoms with van der Waals surface area (Å²) in [4.78, 5) is 11.8. The highest BCUT2D eigenvalue weighted by atomic mass is 32.2. The maximum Gasteiger partial charge on any atom is 0.225 e. The van der Waals surface area contributed by atoms with Crippen molar-refractivity contribution in [3.8, 4) is 0 Å². The van der Waals surface area contributed by atoms with E-state index in [1.807, 2.05) is 20.8 Å². The van der Waals surface area contributed by atoms with Crippen molar-refractivity contribution in [3.63, 3.8) is 0 Å². The van der Waals surface area contributed by atoms with Crippen molar-refractivity contribution in [2.24, 2.45) is 5.41 Å². The van der Waals surface area contributed by atoms with Gasteiger partial charge in [0.2, 0.25) is 5.91 Å². The molecule has 0 radical (unpaired) electrons. The summed E-state index contributed by atoms with van der Waals surface area (Å²) in [6.45, 7) is 8.97. The zero-order valence-electron chi connectivity index (χ0n) is 10.8. The van der Waals surface area contributed by atoms with E-state index in [0.717, 1.165) is 6.42 Å². The van der Waals surface area contributed by atoms with E-state index >= 15 is 0 Å². The van der Waals surface area contributed by atoms with E-state index in [9.17, 15) is 13.2 Å². The molecule has 0 aromatic heterocycles. The van der Waals surface area contributed by atoms with Crippen LogP contribution in [0, 0.1) is 5.41 Å². The first-order chi connectivity index (χ1) is 7.14. The second-order valence-corrected chi connectivity index (χ2v) is 7.21. The topological polar surface area (TPSA) is 63.2 Å². The minimum Gasteiger partial charge on any atom is -0.352 e. The average Bonchev–Trinajstić information content (AvgIpc) is 2.16. The van der Waals surface area contributed by atoms with Gasteiger partial charge >= 0.3 is 0 Å². The van der Waals surface area contributed by atoms with Crippen LogP contribution in [-0.4, -0.2) is 31.9 Å². The van der Waals surface area contributed by atoms with Crippen LogP contribution in [0.15, 0.2) is 0 Å². The minimum absolute atomic E-state index is 0.00896. The summed E-state index contributed by atoms with van der Waals surface area (Å²) in [5.41, 5.74) is -0.440. The monoisotopic (exact) mass is 249 g/mol. The predicted molar refractivity (Wildman–Crippen MR) is 66.0 cm³/mol. The number of hydrogen-bond acceptors (Lipinski definition) is 3. The summed E-state index contributed by atoms with van der Waals surface area (Å²) in [6.07, 6.45) is 0.728. The van der Waals surface area contributed by atoms with Crippen LogP contribution in [0.5, 0.6) is 0 Å². The van der Waals surface area contributed by atoms with Crippen molar-refractivity contribution >= 4 is 15.7 Å². The van der Waals surface area contributed by atoms with Crippen molar-refractivity contribution in [2.45, 2.75) is 47.1 Å². The van der Waals surface area contributed by atoms with Crippen molar-refractivity contribution in [2.75, 3.05) is 11.5 Å². The van der Waals surface area contributed by atoms with E-state index in [-0.39, 0.29) is 23.5 Å². The number of sulfone groups is 1. The van der Waals surface area contributed by atoms with Crippen molar-refractivity contribution in [3.05, 3.63) is 0 Å². The third kappa shape index (κ3) is 4.96. The Hall–Kier alpha value is -0.580. The minimum atomic E-state index is -3.03. The molecule has 0 aliphatic rings. The fourth-order valence-corrected chi connectivity index (χ4v) is 2.20. The van der Waals surface area contributed by atoms with Crippen LogP contribution in [0.1, 0.15) is 41.0 Å². The number of rotatable bonds is 6. The van der Waals surface area contributed by atoms with Crippen LogP contribution in [0.25, 0.3) is 0 Å². The molecule has 0 aliphatic heterocycles. The summed E-state index contributed by atoms with van der Waals surface area (Å²) in [6, 6.07) is -0.330. The zero-order chi connectivity index (χ0) is 13.0. The van der Waals surface area contributed by atoms with Crippen LogP contribution >= 0.6 is 0 Å². The standard InChI is InChI=1S/C11H23NO3S/c1-6-11(4,5)10(13)12-9(3)8-16(14,15)7-2/h9H,6-8H2,1-5H3,(H,12,13). The molecule has 1 unspecified atom stereocenters. The Kier molecular flexibility index (Phi) is 5.46. The molecule has 0 rings (SSSR count). The molecule has 5 heteroatoms. The summed E-state index contributed by atoms with van der Waals surface area (Å²) >= 11 is 0. The Labute approximate surface area is 98.7 Å². The SMILES string of the molecule is CCC(C)(C)C(=O)NC(C)CS(=O)(=O)CC. The Balaban J connectivity index is 4.38. The van der Waals surface area contributed by atoms with Gasteiger partial charge in [0.25, 0.3) is 0 Å². The smallest absolute Gasteiger partial charge is 0.225 e. The maximum absolute atomic E-state index is 11.8. The molecule has 1 atom stereocenters. The molecule has 0 aliphatic carbocycles. The first-order valence-corrected chi connectivity index (χ1v) is 7.48. The zero-order valence-corrected chi connectivity index (χ0v) is 11.6. The lowest BCUT2D eigenvalue weighted by atomic mass is 9.89. The lowest BCUT2D eigenvalue weighted by molar-refractivity contribution is -0.129. The molecule has 0 aromatic rings. The van der Waals surface area contributed by atoms with Crippen molar-refractivity contribution in [1.82, 2.24) is 5.32 Å². The molecular formula is C11H23NO3S. The predicted octanol–water partition coefficient (Wildman–Crippen LogP) is 1.36. The Bertz CT molecular complexity index is 333. The molecule has 96 valence electrons. The quantitative estimate of drug-likeness (QED) is 0.773. The third-order valence-corrected chi connectivity index (χ3v) is 4.71. The number of carbonyl (C=O) groups is 1. The van der Waals surface area contributed by atoms with Crippen LogP contribution in [-0.2, 0) is 14.6 Å². The van der Waals surface area contributed by atoms with Gasteiger partial charge in [-0.3, -0.25) is 4.79 Å². The number of amides is 1. The van der Waals surface area contributed by atoms with Crippen LogP contribution in [0.2, 0.25) is 0 Å². The molecule has 0 heterocycles. The van der Waals surface area contributed by atoms with Crippen molar-refractivity contribution < 1.29 is 13.2 Å². The van der Waals surface area contributed by atoms with Gasteiger partial charge in [0.15, 0.2) is 9.84 Å². The van der Waals surface area contributed by atoms with E-state index in [2.05, 4.69) is 5.32 Å². The summed E-state index contributed by atoms with van der Waals surface area (Å²) < 4.78 is 22.7. The van der Waals surface area contributed by atoms with Gasteiger partial charge in [0.05, 0.1) is 5.75 Å². The fourth-order valence-electron chi connectivity index (χ4n) is 1.12. The second kappa shape index (κ2) is 5.66. The Morgan fingerprint density at radius 3 is 2.19 bits per heavy atom. The van der Waals surface area contributed by atoms with E-state index in [1.54, 1.807) is 13.8 Å². The lowest BCUT2D eigenvalue weighted by Crippen LogP contribution is -2.44. The van der Waals surface area contributed by atoms with Gasteiger partial charge in [-0.05, 0) is 13.3 Å². The van der Waals surface area contributed by atoms with Gasteiger partial charge in [-0.15, -0.1) is 0 Å². The molecule has 0 bridgehead atoms. The molecule has 4 nitrogen and oxygen atoms in total. The molecule has 1 amide bonds. The van der Waals surface area contributed by atoms with Crippen LogP contribution in [0.4, 0.5) is 0 Å². The third-order valence-electron chi connectivity index (χ3n) is 2.82. The number of nitrogens with one attached hydrogen (secondary N) is 1. The molecule has 0 spiro atoms. The average molecular weight is 249 g/mol. The molecule has 0 saturated carbocycles. The van der Waals surface area contributed by atoms with E-state index < -0.39 is 15.3 Å². The highest BCUT2D eigenvalue weighted by Crippen LogP contribution is 2.19. The summed E-state index contributed by atoms with van der Waals surface area (Å²) in [5.74, 6) is 0.0353. The summed E-state index contributed by atoms with van der Waals surface area (Å²) in [7, 11) is -3.03. The Morgan fingerprint density at radius 2 is 1.81 bits per heavy atom. The molecule has 1 N–H and O–H groups in total. The lowest BCUT2D eigenvalue weighted by Gasteiger charge is -2.24. The number of carbonyl (C=O) groups excluding carboxylic acids is 1. The molecule has 0 aromatic carbocycles. The van der Waals surface area contributed by atoms with Crippen LogP contribution < -0.4 is 5.32 Å². The van der Waals surface area contributed by atoms with E-state index in [4.69, 9.17) is 0 Å². The maximum atomic E-state index is 11.8. The van der Waals surface area contributed by atoms with Gasteiger partial charge in [-0.2, -0.15) is 0 Å². The first-order valence-electron chi connectivity index (χ1n) is 5.66. The molecule has 0 fully saturated rings. The van der Waals surface area contributed by atoms with Crippen molar-refractivity contribution in [1.29, 1.82) is 0 Å². The van der Waals surface area contributed by atoms with Gasteiger partial charge < -0.3 is 5.32 Å². The number of hydrogen-bond donors (Lipinski definition) is 1. The van der Waals surface area contributed by atoms with Crippen LogP contribution in [0.3, 0.4) is 0 Å². The largest absolute Gasteiger partial charge is 0.352 e. The van der Waals surface area contributed by atoms with Gasteiger partial charge in [0.1, 0.15) is 0 Å². The van der Waals surface area contributed by atoms with E-state index in [1.165, 1.54) is 0 Å². The van der Waals surface area contributed by atoms with Gasteiger partial charge in [-0.1, -0.05) is 27.7 Å². The molecular weight excluding hydrogens is 226 g/mol. The van der Waals surface area contributed by atoms with Gasteiger partial charge in [0, 0.05) is 17.2 Å². The Morgan fingerprint density at radius 1 is 1.31 bits per heavy atom. The highest BCUT2D eigenvalue weighted by molar-refractivity contribution is 7.91. The normalized spacial score (nSPS) is 14.6. The fraction of sp³-hybridized carbons (Fsp3) is 0.909. The molecule has 0 saturated heterocycles. The first kappa shape index (κ1) is 15.4. The summed E-state index contributed by atoms with van der Waals surface area (Å²) in [5, 5.41) is 2.74. The van der Waals surface area contributed by atoms with Gasteiger partial charge in [-0.25, -0.2) is 8.42 Å². The second-order valence-electron chi connectivity index (χ2n) is 4.81. The van der Waals surface area contributed by atoms with E-state index in [0.29, 0.717) is 0 Å². The molecule has 16 heavy (non-hydrogen) atoms.